The standard InChI is InChI=1S/C16H16FNO4/c1-2-3-14-12(6-7-22-14)16(21)18-11-5-4-10(8-15(19)20)13(17)9-11/h4-7,9H,2-3,8H2,1H3,(H,18,21)(H,19,20). The number of hydrogen-bond acceptors (Lipinski definition) is 3. The molecule has 1 heterocycles. The molecule has 0 radical (unpaired) electrons. The Morgan fingerprint density at radius 2 is 2.09 bits per heavy atom. The van der Waals surface area contributed by atoms with E-state index in [1.54, 1.807) is 6.07 Å². The topological polar surface area (TPSA) is 79.5 Å². The number of carbonyl (C=O) groups is 2. The third-order valence-corrected chi connectivity index (χ3v) is 3.12. The molecule has 0 aliphatic carbocycles. The first kappa shape index (κ1) is 15.8. The van der Waals surface area contributed by atoms with Gasteiger partial charge in [-0.05, 0) is 30.2 Å². The lowest BCUT2D eigenvalue weighted by Gasteiger charge is -2.07. The highest BCUT2D eigenvalue weighted by atomic mass is 19.1. The van der Waals surface area contributed by atoms with Gasteiger partial charge in [0.15, 0.2) is 0 Å². The van der Waals surface area contributed by atoms with Gasteiger partial charge in [-0.25, -0.2) is 4.39 Å². The summed E-state index contributed by atoms with van der Waals surface area (Å²) in [5.74, 6) is -1.58. The highest BCUT2D eigenvalue weighted by Crippen LogP contribution is 2.18. The van der Waals surface area contributed by atoms with E-state index in [1.165, 1.54) is 18.4 Å². The van der Waals surface area contributed by atoms with Gasteiger partial charge < -0.3 is 14.8 Å². The second kappa shape index (κ2) is 6.89. The van der Waals surface area contributed by atoms with Crippen molar-refractivity contribution in [3.63, 3.8) is 0 Å². The lowest BCUT2D eigenvalue weighted by molar-refractivity contribution is -0.136. The normalized spacial score (nSPS) is 10.5. The molecule has 2 aromatic rings. The Kier molecular flexibility index (Phi) is 4.93. The summed E-state index contributed by atoms with van der Waals surface area (Å²) >= 11 is 0. The SMILES string of the molecule is CCCc1occc1C(=O)Nc1ccc(CC(=O)O)c(F)c1. The van der Waals surface area contributed by atoms with Crippen LogP contribution in [0.1, 0.15) is 35.0 Å². The second-order valence-electron chi connectivity index (χ2n) is 4.84. The largest absolute Gasteiger partial charge is 0.481 e. The molecule has 0 bridgehead atoms. The van der Waals surface area contributed by atoms with Crippen molar-refractivity contribution in [3.8, 4) is 0 Å². The third-order valence-electron chi connectivity index (χ3n) is 3.12. The van der Waals surface area contributed by atoms with Gasteiger partial charge in [0.05, 0.1) is 18.2 Å². The van der Waals surface area contributed by atoms with E-state index in [2.05, 4.69) is 5.32 Å². The van der Waals surface area contributed by atoms with Gasteiger partial charge >= 0.3 is 5.97 Å². The fourth-order valence-electron chi connectivity index (χ4n) is 2.09. The van der Waals surface area contributed by atoms with Crippen LogP contribution in [0.2, 0.25) is 0 Å². The molecule has 5 nitrogen and oxygen atoms in total. The average molecular weight is 305 g/mol. The van der Waals surface area contributed by atoms with Crippen LogP contribution in [0.15, 0.2) is 34.9 Å². The predicted octanol–water partition coefficient (Wildman–Crippen LogP) is 3.25. The number of hydrogen-bond donors (Lipinski definition) is 2. The minimum absolute atomic E-state index is 0.0699. The van der Waals surface area contributed by atoms with Gasteiger partial charge in [-0.2, -0.15) is 0 Å². The summed E-state index contributed by atoms with van der Waals surface area (Å²) in [7, 11) is 0. The maximum absolute atomic E-state index is 13.8. The van der Waals surface area contributed by atoms with E-state index in [0.717, 1.165) is 12.5 Å². The van der Waals surface area contributed by atoms with Crippen LogP contribution >= 0.6 is 0 Å². The summed E-state index contributed by atoms with van der Waals surface area (Å²) in [4.78, 5) is 22.7. The summed E-state index contributed by atoms with van der Waals surface area (Å²) in [6.45, 7) is 1.97. The number of rotatable bonds is 6. The number of furan rings is 1. The lowest BCUT2D eigenvalue weighted by atomic mass is 10.1. The molecule has 0 saturated heterocycles. The summed E-state index contributed by atoms with van der Waals surface area (Å²) in [5.41, 5.74) is 0.748. The van der Waals surface area contributed by atoms with Crippen LogP contribution in [-0.2, 0) is 17.6 Å². The van der Waals surface area contributed by atoms with Gasteiger partial charge in [0, 0.05) is 12.1 Å². The van der Waals surface area contributed by atoms with Crippen LogP contribution in [-0.4, -0.2) is 17.0 Å². The first-order valence-corrected chi connectivity index (χ1v) is 6.89. The van der Waals surface area contributed by atoms with Crippen molar-refractivity contribution < 1.29 is 23.5 Å². The van der Waals surface area contributed by atoms with Gasteiger partial charge in [-0.1, -0.05) is 13.0 Å². The summed E-state index contributed by atoms with van der Waals surface area (Å²) in [6, 6.07) is 5.49. The van der Waals surface area contributed by atoms with Crippen LogP contribution in [0.5, 0.6) is 0 Å². The molecule has 0 atom stereocenters. The first-order valence-electron chi connectivity index (χ1n) is 6.89. The molecule has 2 N–H and O–H groups in total. The van der Waals surface area contributed by atoms with Gasteiger partial charge in [0.1, 0.15) is 11.6 Å². The zero-order valence-corrected chi connectivity index (χ0v) is 12.1. The Morgan fingerprint density at radius 1 is 1.32 bits per heavy atom. The Hall–Kier alpha value is -2.63. The molecule has 116 valence electrons. The quantitative estimate of drug-likeness (QED) is 0.858. The summed E-state index contributed by atoms with van der Waals surface area (Å²) in [5, 5.41) is 11.2. The third kappa shape index (κ3) is 3.72. The summed E-state index contributed by atoms with van der Waals surface area (Å²) < 4.78 is 19.0. The fraction of sp³-hybridized carbons (Fsp3) is 0.250. The number of anilines is 1. The Bertz CT molecular complexity index is 693. The van der Waals surface area contributed by atoms with E-state index in [9.17, 15) is 14.0 Å². The molecule has 6 heteroatoms. The zero-order valence-electron chi connectivity index (χ0n) is 12.1. The van der Waals surface area contributed by atoms with Crippen molar-refractivity contribution in [2.24, 2.45) is 0 Å². The van der Waals surface area contributed by atoms with Crippen molar-refractivity contribution in [3.05, 3.63) is 53.2 Å². The molecule has 2 rings (SSSR count). The fourth-order valence-corrected chi connectivity index (χ4v) is 2.09. The molecule has 1 amide bonds. The number of halogens is 1. The van der Waals surface area contributed by atoms with Crippen molar-refractivity contribution >= 4 is 17.6 Å². The average Bonchev–Trinajstić information content (AvgIpc) is 2.90. The van der Waals surface area contributed by atoms with Gasteiger partial charge in [0.25, 0.3) is 5.91 Å². The second-order valence-corrected chi connectivity index (χ2v) is 4.84. The van der Waals surface area contributed by atoms with Gasteiger partial charge in [-0.15, -0.1) is 0 Å². The van der Waals surface area contributed by atoms with E-state index in [-0.39, 0.29) is 17.2 Å². The van der Waals surface area contributed by atoms with Crippen LogP contribution in [0.25, 0.3) is 0 Å². The molecule has 0 spiro atoms. The molecule has 1 aromatic carbocycles. The molecule has 0 aliphatic heterocycles. The van der Waals surface area contributed by atoms with E-state index in [0.29, 0.717) is 17.7 Å². The number of benzene rings is 1. The number of aryl methyl sites for hydroxylation is 1. The molecule has 22 heavy (non-hydrogen) atoms. The highest BCUT2D eigenvalue weighted by molar-refractivity contribution is 6.05. The molecule has 0 saturated carbocycles. The number of aliphatic carboxylic acids is 1. The van der Waals surface area contributed by atoms with Gasteiger partial charge in [0.2, 0.25) is 0 Å². The highest BCUT2D eigenvalue weighted by Gasteiger charge is 2.15. The van der Waals surface area contributed by atoms with E-state index < -0.39 is 18.2 Å². The molecular weight excluding hydrogens is 289 g/mol. The molecule has 0 unspecified atom stereocenters. The van der Waals surface area contributed by atoms with E-state index in [1.807, 2.05) is 6.92 Å². The zero-order chi connectivity index (χ0) is 16.1. The van der Waals surface area contributed by atoms with E-state index >= 15 is 0 Å². The Morgan fingerprint density at radius 3 is 2.73 bits per heavy atom. The number of carbonyl (C=O) groups excluding carboxylic acids is 1. The van der Waals surface area contributed by atoms with Crippen LogP contribution in [0.4, 0.5) is 10.1 Å². The number of carboxylic acid groups (broad SMARTS) is 1. The molecule has 0 fully saturated rings. The van der Waals surface area contributed by atoms with Crippen LogP contribution < -0.4 is 5.32 Å². The monoisotopic (exact) mass is 305 g/mol. The van der Waals surface area contributed by atoms with Crippen molar-refractivity contribution in [2.75, 3.05) is 5.32 Å². The number of carboxylic acids is 1. The Labute approximate surface area is 126 Å². The van der Waals surface area contributed by atoms with Crippen molar-refractivity contribution in [1.82, 2.24) is 0 Å². The van der Waals surface area contributed by atoms with Gasteiger partial charge in [-0.3, -0.25) is 9.59 Å². The number of amides is 1. The van der Waals surface area contributed by atoms with Crippen molar-refractivity contribution in [2.45, 2.75) is 26.2 Å². The number of nitrogens with one attached hydrogen (secondary N) is 1. The smallest absolute Gasteiger partial charge is 0.307 e. The van der Waals surface area contributed by atoms with Crippen LogP contribution in [0.3, 0.4) is 0 Å². The Balaban J connectivity index is 2.13. The lowest BCUT2D eigenvalue weighted by Crippen LogP contribution is -2.13. The minimum atomic E-state index is -1.11. The maximum Gasteiger partial charge on any atom is 0.307 e. The summed E-state index contributed by atoms with van der Waals surface area (Å²) in [6.07, 6.45) is 2.52. The van der Waals surface area contributed by atoms with Crippen LogP contribution in [0, 0.1) is 5.82 Å². The molecular formula is C16H16FNO4. The molecule has 1 aromatic heterocycles. The minimum Gasteiger partial charge on any atom is -0.481 e. The molecule has 0 aliphatic rings. The van der Waals surface area contributed by atoms with Crippen molar-refractivity contribution in [1.29, 1.82) is 0 Å². The first-order chi connectivity index (χ1) is 10.5. The predicted molar refractivity (Wildman–Crippen MR) is 78.4 cm³/mol. The van der Waals surface area contributed by atoms with E-state index in [4.69, 9.17) is 9.52 Å². The maximum atomic E-state index is 13.8.